The fourth-order valence-electron chi connectivity index (χ4n) is 4.34. The second kappa shape index (κ2) is 10.3. The van der Waals surface area contributed by atoms with Crippen LogP contribution in [-0.4, -0.2) is 11.5 Å². The van der Waals surface area contributed by atoms with Crippen LogP contribution in [0.25, 0.3) is 0 Å². The molecule has 0 spiro atoms. The normalized spacial score (nSPS) is 20.5. The van der Waals surface area contributed by atoms with Crippen molar-refractivity contribution in [3.63, 3.8) is 0 Å². The van der Waals surface area contributed by atoms with Gasteiger partial charge in [-0.1, -0.05) is 63.4 Å². The molecule has 1 aromatic heterocycles. The van der Waals surface area contributed by atoms with Gasteiger partial charge >= 0.3 is 0 Å². The Hall–Kier alpha value is -2.28. The van der Waals surface area contributed by atoms with E-state index < -0.39 is 0 Å². The number of oxazole rings is 1. The Morgan fingerprint density at radius 2 is 1.93 bits per heavy atom. The molecule has 1 saturated carbocycles. The number of nitriles is 1. The van der Waals surface area contributed by atoms with Crippen LogP contribution in [0.2, 0.25) is 0 Å². The van der Waals surface area contributed by atoms with Gasteiger partial charge in [0.2, 0.25) is 17.5 Å². The third-order valence-electron chi connectivity index (χ3n) is 6.18. The van der Waals surface area contributed by atoms with Crippen LogP contribution >= 0.6 is 0 Å². The maximum Gasteiger partial charge on any atom is 0.232 e. The van der Waals surface area contributed by atoms with E-state index in [9.17, 15) is 5.26 Å². The van der Waals surface area contributed by atoms with Crippen molar-refractivity contribution in [2.45, 2.75) is 77.0 Å². The summed E-state index contributed by atoms with van der Waals surface area (Å²) in [7, 11) is 0. The van der Waals surface area contributed by atoms with Gasteiger partial charge in [-0.15, -0.1) is 0 Å². The zero-order valence-corrected chi connectivity index (χ0v) is 17.3. The molecule has 1 heterocycles. The number of hydrogen-bond donors (Lipinski definition) is 1. The van der Waals surface area contributed by atoms with Gasteiger partial charge in [0, 0.05) is 18.4 Å². The van der Waals surface area contributed by atoms with Crippen LogP contribution in [-0.2, 0) is 0 Å². The van der Waals surface area contributed by atoms with Gasteiger partial charge in [0.05, 0.1) is 0 Å². The molecule has 0 bridgehead atoms. The molecule has 0 radical (unpaired) electrons. The van der Waals surface area contributed by atoms with Crippen LogP contribution in [0, 0.1) is 17.2 Å². The van der Waals surface area contributed by atoms with Crippen LogP contribution in [0.3, 0.4) is 0 Å². The second-order valence-corrected chi connectivity index (χ2v) is 8.10. The van der Waals surface area contributed by atoms with Crippen LogP contribution < -0.4 is 5.32 Å². The predicted molar refractivity (Wildman–Crippen MR) is 113 cm³/mol. The third-order valence-corrected chi connectivity index (χ3v) is 6.18. The fraction of sp³-hybridized carbons (Fsp3) is 0.583. The van der Waals surface area contributed by atoms with E-state index in [0.29, 0.717) is 23.4 Å². The number of rotatable bonds is 9. The van der Waals surface area contributed by atoms with Crippen molar-refractivity contribution in [3.8, 4) is 6.07 Å². The minimum Gasteiger partial charge on any atom is -0.424 e. The summed E-state index contributed by atoms with van der Waals surface area (Å²) in [5.74, 6) is 2.89. The van der Waals surface area contributed by atoms with Crippen molar-refractivity contribution >= 4 is 5.88 Å². The van der Waals surface area contributed by atoms with Crippen molar-refractivity contribution in [1.82, 2.24) is 4.98 Å². The molecule has 0 amide bonds. The van der Waals surface area contributed by atoms with E-state index in [1.165, 1.54) is 37.7 Å². The lowest BCUT2D eigenvalue weighted by Crippen LogP contribution is -2.13. The average molecular weight is 380 g/mol. The highest BCUT2D eigenvalue weighted by molar-refractivity contribution is 5.46. The molecule has 1 aliphatic carbocycles. The first-order chi connectivity index (χ1) is 13.7. The third kappa shape index (κ3) is 5.16. The Balaban J connectivity index is 1.61. The predicted octanol–water partition coefficient (Wildman–Crippen LogP) is 6.62. The quantitative estimate of drug-likeness (QED) is 0.532. The molecule has 1 atom stereocenters. The number of nitrogens with one attached hydrogen (secondary N) is 1. The summed E-state index contributed by atoms with van der Waals surface area (Å²) >= 11 is 0. The standard InChI is InChI=1S/C24H33N3O/c1-3-5-9-18-12-14-21(15-13-18)23-27-22(16-25)24(28-23)26-17-19(4-2)20-10-7-6-8-11-20/h6-8,10-11,18-19,21,26H,3-5,9,12-15,17H2,1-2H3/t18?,19-,21?/m0/s1. The lowest BCUT2D eigenvalue weighted by Gasteiger charge is -2.26. The topological polar surface area (TPSA) is 61.9 Å². The first-order valence-electron chi connectivity index (χ1n) is 10.9. The lowest BCUT2D eigenvalue weighted by atomic mass is 9.80. The van der Waals surface area contributed by atoms with Crippen LogP contribution in [0.4, 0.5) is 5.88 Å². The van der Waals surface area contributed by atoms with Crippen LogP contribution in [0.5, 0.6) is 0 Å². The summed E-state index contributed by atoms with van der Waals surface area (Å²) in [4.78, 5) is 4.53. The van der Waals surface area contributed by atoms with Gasteiger partial charge in [-0.3, -0.25) is 0 Å². The van der Waals surface area contributed by atoms with Crippen molar-refractivity contribution < 1.29 is 4.42 Å². The maximum absolute atomic E-state index is 9.50. The number of unbranched alkanes of at least 4 members (excludes halogenated alkanes) is 1. The van der Waals surface area contributed by atoms with Crippen molar-refractivity contribution in [1.29, 1.82) is 5.26 Å². The number of nitrogens with zero attached hydrogens (tertiary/aromatic N) is 2. The number of hydrogen-bond acceptors (Lipinski definition) is 4. The molecule has 0 aliphatic heterocycles. The SMILES string of the molecule is CCCCC1CCC(c2nc(C#N)c(NC[C@H](CC)c3ccccc3)o2)CC1. The minimum atomic E-state index is 0.358. The summed E-state index contributed by atoms with van der Waals surface area (Å²) in [6, 6.07) is 12.7. The number of anilines is 1. The van der Waals surface area contributed by atoms with Crippen molar-refractivity contribution in [3.05, 3.63) is 47.5 Å². The Labute approximate surface area is 169 Å². The Bertz CT molecular complexity index is 754. The van der Waals surface area contributed by atoms with Gasteiger partial charge in [-0.25, -0.2) is 4.98 Å². The zero-order chi connectivity index (χ0) is 19.8. The lowest BCUT2D eigenvalue weighted by molar-refractivity contribution is 0.278. The number of aromatic nitrogens is 1. The first kappa shape index (κ1) is 20.5. The molecule has 150 valence electrons. The van der Waals surface area contributed by atoms with Gasteiger partial charge in [-0.2, -0.15) is 5.26 Å². The molecule has 3 rings (SSSR count). The first-order valence-corrected chi connectivity index (χ1v) is 10.9. The summed E-state index contributed by atoms with van der Waals surface area (Å²) in [6.07, 6.45) is 9.75. The maximum atomic E-state index is 9.50. The van der Waals surface area contributed by atoms with E-state index >= 15 is 0 Å². The molecule has 0 saturated heterocycles. The smallest absolute Gasteiger partial charge is 0.232 e. The molecule has 0 unspecified atom stereocenters. The molecule has 28 heavy (non-hydrogen) atoms. The van der Waals surface area contributed by atoms with E-state index in [1.54, 1.807) is 0 Å². The van der Waals surface area contributed by atoms with E-state index in [-0.39, 0.29) is 0 Å². The Morgan fingerprint density at radius 1 is 1.18 bits per heavy atom. The molecular weight excluding hydrogens is 346 g/mol. The van der Waals surface area contributed by atoms with Gasteiger partial charge in [0.25, 0.3) is 0 Å². The van der Waals surface area contributed by atoms with Crippen LogP contribution in [0.1, 0.15) is 94.2 Å². The molecule has 2 aromatic rings. The highest BCUT2D eigenvalue weighted by Gasteiger charge is 2.27. The van der Waals surface area contributed by atoms with Crippen LogP contribution in [0.15, 0.2) is 34.7 Å². The molecule has 1 fully saturated rings. The molecule has 4 heteroatoms. The highest BCUT2D eigenvalue weighted by Crippen LogP contribution is 2.38. The van der Waals surface area contributed by atoms with Crippen molar-refractivity contribution in [2.75, 3.05) is 11.9 Å². The number of benzene rings is 1. The Kier molecular flexibility index (Phi) is 7.54. The summed E-state index contributed by atoms with van der Waals surface area (Å²) in [5, 5.41) is 12.9. The van der Waals surface area contributed by atoms with E-state index in [4.69, 9.17) is 4.42 Å². The zero-order valence-electron chi connectivity index (χ0n) is 17.3. The average Bonchev–Trinajstić information content (AvgIpc) is 3.17. The highest BCUT2D eigenvalue weighted by atomic mass is 16.4. The fourth-order valence-corrected chi connectivity index (χ4v) is 4.34. The molecule has 1 aromatic carbocycles. The largest absolute Gasteiger partial charge is 0.424 e. The monoisotopic (exact) mass is 379 g/mol. The molecule has 1 aliphatic rings. The van der Waals surface area contributed by atoms with Gasteiger partial charge in [0.1, 0.15) is 6.07 Å². The molecular formula is C24H33N3O. The van der Waals surface area contributed by atoms with Gasteiger partial charge in [-0.05, 0) is 43.6 Å². The van der Waals surface area contributed by atoms with Gasteiger partial charge < -0.3 is 9.73 Å². The van der Waals surface area contributed by atoms with Crippen molar-refractivity contribution in [2.24, 2.45) is 5.92 Å². The van der Waals surface area contributed by atoms with E-state index in [1.807, 2.05) is 6.07 Å². The van der Waals surface area contributed by atoms with Gasteiger partial charge in [0.15, 0.2) is 0 Å². The molecule has 4 nitrogen and oxygen atoms in total. The second-order valence-electron chi connectivity index (χ2n) is 8.10. The summed E-state index contributed by atoms with van der Waals surface area (Å²) in [6.45, 7) is 5.19. The Morgan fingerprint density at radius 3 is 2.57 bits per heavy atom. The van der Waals surface area contributed by atoms with E-state index in [0.717, 1.165) is 37.6 Å². The van der Waals surface area contributed by atoms with E-state index in [2.05, 4.69) is 54.5 Å². The molecule has 1 N–H and O–H groups in total. The summed E-state index contributed by atoms with van der Waals surface area (Å²) in [5.41, 5.74) is 1.70. The summed E-state index contributed by atoms with van der Waals surface area (Å²) < 4.78 is 6.05. The minimum absolute atomic E-state index is 0.358.